The molecule has 1 aromatic heterocycles. The van der Waals surface area contributed by atoms with E-state index >= 15 is 0 Å². The lowest BCUT2D eigenvalue weighted by Gasteiger charge is -1.97. The minimum absolute atomic E-state index is 1.08. The minimum atomic E-state index is 1.08. The van der Waals surface area contributed by atoms with Gasteiger partial charge < -0.3 is 0 Å². The van der Waals surface area contributed by atoms with E-state index in [4.69, 9.17) is 0 Å². The Bertz CT molecular complexity index is 230. The molecular weight excluding hydrogens is 178 g/mol. The van der Waals surface area contributed by atoms with Crippen LogP contribution in [-0.2, 0) is 12.3 Å². The number of aromatic nitrogens is 1. The van der Waals surface area contributed by atoms with Crippen LogP contribution in [0, 0.1) is 0 Å². The second-order valence-corrected chi connectivity index (χ2v) is 4.19. The van der Waals surface area contributed by atoms with Crippen molar-refractivity contribution in [2.75, 3.05) is 5.75 Å². The van der Waals surface area contributed by atoms with Gasteiger partial charge in [-0.25, -0.2) is 0 Å². The van der Waals surface area contributed by atoms with Crippen molar-refractivity contribution in [3.8, 4) is 0 Å². The average Bonchev–Trinajstić information content (AvgIpc) is 2.19. The molecular formula is C11H18NS+. The van der Waals surface area contributed by atoms with E-state index in [2.05, 4.69) is 42.9 Å². The Morgan fingerprint density at radius 3 is 2.46 bits per heavy atom. The van der Waals surface area contributed by atoms with E-state index < -0.39 is 0 Å². The molecule has 0 aliphatic carbocycles. The molecule has 0 spiro atoms. The summed E-state index contributed by atoms with van der Waals surface area (Å²) >= 11 is 1.98. The Hall–Kier alpha value is -0.500. The third-order valence-corrected chi connectivity index (χ3v) is 3.13. The van der Waals surface area contributed by atoms with Gasteiger partial charge in [0.25, 0.3) is 0 Å². The van der Waals surface area contributed by atoms with E-state index in [1.807, 2.05) is 11.8 Å². The van der Waals surface area contributed by atoms with Crippen molar-refractivity contribution >= 4 is 11.8 Å². The van der Waals surface area contributed by atoms with Crippen LogP contribution in [-0.4, -0.2) is 5.75 Å². The zero-order chi connectivity index (χ0) is 9.52. The predicted molar refractivity (Wildman–Crippen MR) is 58.8 cm³/mol. The van der Waals surface area contributed by atoms with Crippen LogP contribution in [0.5, 0.6) is 0 Å². The normalized spacial score (nSPS) is 10.3. The lowest BCUT2D eigenvalue weighted by atomic mass is 10.2. The quantitative estimate of drug-likeness (QED) is 0.517. The monoisotopic (exact) mass is 196 g/mol. The maximum absolute atomic E-state index is 2.24. The van der Waals surface area contributed by atoms with Crippen molar-refractivity contribution in [1.82, 2.24) is 0 Å². The Morgan fingerprint density at radius 2 is 1.92 bits per heavy atom. The molecule has 1 rings (SSSR count). The summed E-state index contributed by atoms with van der Waals surface area (Å²) in [5.74, 6) is 2.33. The highest BCUT2D eigenvalue weighted by Crippen LogP contribution is 2.02. The number of nitrogens with zero attached hydrogens (tertiary/aromatic N) is 1. The molecule has 72 valence electrons. The number of rotatable bonds is 5. The molecule has 0 radical (unpaired) electrons. The highest BCUT2D eigenvalue weighted by molar-refractivity contribution is 7.98. The zero-order valence-electron chi connectivity index (χ0n) is 8.49. The van der Waals surface area contributed by atoms with Crippen LogP contribution < -0.4 is 4.57 Å². The maximum atomic E-state index is 2.24. The summed E-state index contributed by atoms with van der Waals surface area (Å²) in [4.78, 5) is 0. The third kappa shape index (κ3) is 3.81. The highest BCUT2D eigenvalue weighted by atomic mass is 32.2. The average molecular weight is 196 g/mol. The van der Waals surface area contributed by atoms with Gasteiger partial charge >= 0.3 is 0 Å². The van der Waals surface area contributed by atoms with Crippen molar-refractivity contribution < 1.29 is 4.57 Å². The summed E-state index contributed by atoms with van der Waals surface area (Å²) in [6, 6.07) is 4.40. The maximum Gasteiger partial charge on any atom is 0.194 e. The first-order valence-corrected chi connectivity index (χ1v) is 6.08. The van der Waals surface area contributed by atoms with Gasteiger partial charge in [-0.3, -0.25) is 0 Å². The molecule has 13 heavy (non-hydrogen) atoms. The standard InChI is InChI=1S/C11H18NS/c1-3-9-13-10-12-7-5-11(4-2)6-8-12/h5-8H,3-4,9-10H2,1-2H3/q+1. The number of hydrogen-bond acceptors (Lipinski definition) is 1. The fourth-order valence-electron chi connectivity index (χ4n) is 1.12. The van der Waals surface area contributed by atoms with E-state index in [9.17, 15) is 0 Å². The molecule has 0 amide bonds. The van der Waals surface area contributed by atoms with Crippen LogP contribution in [0.25, 0.3) is 0 Å². The smallest absolute Gasteiger partial charge is 0.194 e. The molecule has 0 aliphatic rings. The van der Waals surface area contributed by atoms with Crippen LogP contribution in [0.3, 0.4) is 0 Å². The molecule has 0 atom stereocenters. The third-order valence-electron chi connectivity index (χ3n) is 1.96. The Balaban J connectivity index is 2.40. The van der Waals surface area contributed by atoms with Crippen LogP contribution in [0.4, 0.5) is 0 Å². The zero-order valence-corrected chi connectivity index (χ0v) is 9.31. The molecule has 0 N–H and O–H groups in total. The summed E-state index contributed by atoms with van der Waals surface area (Å²) in [5.41, 5.74) is 1.41. The number of thioether (sulfide) groups is 1. The van der Waals surface area contributed by atoms with Crippen LogP contribution >= 0.6 is 11.8 Å². The van der Waals surface area contributed by atoms with Gasteiger partial charge in [0.1, 0.15) is 0 Å². The molecule has 0 bridgehead atoms. The van der Waals surface area contributed by atoms with Crippen LogP contribution in [0.15, 0.2) is 24.5 Å². The van der Waals surface area contributed by atoms with Crippen LogP contribution in [0.1, 0.15) is 25.8 Å². The van der Waals surface area contributed by atoms with Crippen LogP contribution in [0.2, 0.25) is 0 Å². The molecule has 0 saturated heterocycles. The van der Waals surface area contributed by atoms with Gasteiger partial charge in [-0.15, -0.1) is 0 Å². The van der Waals surface area contributed by atoms with Gasteiger partial charge in [-0.05, 0) is 24.2 Å². The molecule has 1 heterocycles. The molecule has 0 aliphatic heterocycles. The second-order valence-electron chi connectivity index (χ2n) is 3.11. The first kappa shape index (κ1) is 10.6. The van der Waals surface area contributed by atoms with Gasteiger partial charge in [0, 0.05) is 12.1 Å². The SMILES string of the molecule is CCCSC[n+]1ccc(CC)cc1. The lowest BCUT2D eigenvalue weighted by Crippen LogP contribution is -2.31. The summed E-state index contributed by atoms with van der Waals surface area (Å²) in [5, 5.41) is 0. The summed E-state index contributed by atoms with van der Waals surface area (Å²) in [7, 11) is 0. The fraction of sp³-hybridized carbons (Fsp3) is 0.545. The van der Waals surface area contributed by atoms with Crippen molar-refractivity contribution in [1.29, 1.82) is 0 Å². The number of aryl methyl sites for hydroxylation is 1. The molecule has 1 nitrogen and oxygen atoms in total. The molecule has 1 aromatic rings. The van der Waals surface area contributed by atoms with Crippen molar-refractivity contribution in [3.05, 3.63) is 30.1 Å². The van der Waals surface area contributed by atoms with Crippen molar-refractivity contribution in [2.24, 2.45) is 0 Å². The van der Waals surface area contributed by atoms with Crippen molar-refractivity contribution in [3.63, 3.8) is 0 Å². The van der Waals surface area contributed by atoms with E-state index in [0.29, 0.717) is 0 Å². The van der Waals surface area contributed by atoms with E-state index in [-0.39, 0.29) is 0 Å². The Morgan fingerprint density at radius 1 is 1.23 bits per heavy atom. The summed E-state index contributed by atoms with van der Waals surface area (Å²) in [6.45, 7) is 4.41. The molecule has 0 saturated carbocycles. The second kappa shape index (κ2) is 6.03. The fourth-order valence-corrected chi connectivity index (χ4v) is 1.92. The minimum Gasteiger partial charge on any atom is -0.195 e. The van der Waals surface area contributed by atoms with Gasteiger partial charge in [-0.2, -0.15) is 4.57 Å². The molecule has 0 unspecified atom stereocenters. The predicted octanol–water partition coefficient (Wildman–Crippen LogP) is 2.64. The van der Waals surface area contributed by atoms with E-state index in [1.165, 1.54) is 17.7 Å². The highest BCUT2D eigenvalue weighted by Gasteiger charge is 1.98. The Labute approximate surface area is 85.2 Å². The number of pyridine rings is 1. The largest absolute Gasteiger partial charge is 0.195 e. The van der Waals surface area contributed by atoms with E-state index in [1.54, 1.807) is 0 Å². The molecule has 0 fully saturated rings. The first-order valence-electron chi connectivity index (χ1n) is 4.92. The first-order chi connectivity index (χ1) is 6.36. The summed E-state index contributed by atoms with van der Waals surface area (Å²) < 4.78 is 2.24. The topological polar surface area (TPSA) is 3.88 Å². The molecule has 0 aromatic carbocycles. The Kier molecular flexibility index (Phi) is 4.91. The van der Waals surface area contributed by atoms with Gasteiger partial charge in [0.15, 0.2) is 18.3 Å². The van der Waals surface area contributed by atoms with E-state index in [0.717, 1.165) is 12.3 Å². The molecule has 2 heteroatoms. The van der Waals surface area contributed by atoms with Gasteiger partial charge in [-0.1, -0.05) is 25.6 Å². The summed E-state index contributed by atoms with van der Waals surface area (Å²) in [6.07, 6.45) is 6.73. The van der Waals surface area contributed by atoms with Gasteiger partial charge in [0.05, 0.1) is 0 Å². The number of hydrogen-bond donors (Lipinski definition) is 0. The van der Waals surface area contributed by atoms with Crippen molar-refractivity contribution in [2.45, 2.75) is 32.6 Å². The van der Waals surface area contributed by atoms with Gasteiger partial charge in [0.2, 0.25) is 0 Å². The lowest BCUT2D eigenvalue weighted by molar-refractivity contribution is -0.676.